The van der Waals surface area contributed by atoms with Crippen LogP contribution in [0, 0.1) is 13.8 Å². The van der Waals surface area contributed by atoms with E-state index in [1.165, 1.54) is 6.92 Å². The normalized spacial score (nSPS) is 10.3. The molecule has 0 saturated carbocycles. The number of ketones is 1. The van der Waals surface area contributed by atoms with Gasteiger partial charge in [-0.05, 0) is 68.7 Å². The van der Waals surface area contributed by atoms with Gasteiger partial charge in [-0.15, -0.1) is 0 Å². The third kappa shape index (κ3) is 4.22. The van der Waals surface area contributed by atoms with Gasteiger partial charge in [-0.2, -0.15) is 0 Å². The zero-order valence-electron chi connectivity index (χ0n) is 14.6. The highest BCUT2D eigenvalue weighted by Crippen LogP contribution is 2.27. The lowest BCUT2D eigenvalue weighted by Crippen LogP contribution is -2.14. The smallest absolute Gasteiger partial charge is 0.255 e. The van der Waals surface area contributed by atoms with Gasteiger partial charge in [0.1, 0.15) is 5.75 Å². The van der Waals surface area contributed by atoms with E-state index in [1.807, 2.05) is 32.9 Å². The first kappa shape index (κ1) is 17.7. The molecule has 0 radical (unpaired) electrons. The van der Waals surface area contributed by atoms with E-state index in [9.17, 15) is 9.59 Å². The molecule has 2 rings (SSSR count). The molecule has 1 amide bonds. The van der Waals surface area contributed by atoms with Crippen LogP contribution in [0.15, 0.2) is 36.4 Å². The Kier molecular flexibility index (Phi) is 5.74. The topological polar surface area (TPSA) is 55.4 Å². The molecule has 0 aliphatic heterocycles. The molecule has 0 bridgehead atoms. The third-order valence-corrected chi connectivity index (χ3v) is 3.87. The number of aryl methyl sites for hydroxylation is 2. The number of hydrogen-bond donors (Lipinski definition) is 1. The summed E-state index contributed by atoms with van der Waals surface area (Å²) in [5, 5.41) is 2.86. The molecule has 126 valence electrons. The lowest BCUT2D eigenvalue weighted by atomic mass is 10.1. The van der Waals surface area contributed by atoms with Crippen molar-refractivity contribution in [1.29, 1.82) is 0 Å². The van der Waals surface area contributed by atoms with E-state index in [-0.39, 0.29) is 11.7 Å². The van der Waals surface area contributed by atoms with E-state index >= 15 is 0 Å². The van der Waals surface area contributed by atoms with Crippen LogP contribution in [0.5, 0.6) is 5.75 Å². The van der Waals surface area contributed by atoms with Crippen molar-refractivity contribution in [1.82, 2.24) is 0 Å². The number of hydrogen-bond acceptors (Lipinski definition) is 3. The summed E-state index contributed by atoms with van der Waals surface area (Å²) >= 11 is 0. The number of nitrogens with one attached hydrogen (secondary N) is 1. The highest BCUT2D eigenvalue weighted by atomic mass is 16.5. The Balaban J connectivity index is 2.31. The number of rotatable bonds is 6. The number of Topliss-reactive ketones (excluding diaryl/α,β-unsaturated/α-hetero) is 1. The molecule has 0 fully saturated rings. The molecule has 0 saturated heterocycles. The highest BCUT2D eigenvalue weighted by Gasteiger charge is 2.13. The second-order valence-corrected chi connectivity index (χ2v) is 5.87. The summed E-state index contributed by atoms with van der Waals surface area (Å²) in [4.78, 5) is 24.1. The van der Waals surface area contributed by atoms with E-state index < -0.39 is 0 Å². The predicted molar refractivity (Wildman–Crippen MR) is 96.1 cm³/mol. The molecule has 0 aromatic heterocycles. The van der Waals surface area contributed by atoms with E-state index in [1.54, 1.807) is 24.3 Å². The first-order valence-corrected chi connectivity index (χ1v) is 8.08. The third-order valence-electron chi connectivity index (χ3n) is 3.87. The van der Waals surface area contributed by atoms with E-state index in [0.717, 1.165) is 17.5 Å². The van der Waals surface area contributed by atoms with Gasteiger partial charge in [-0.3, -0.25) is 9.59 Å². The lowest BCUT2D eigenvalue weighted by molar-refractivity contribution is 0.101. The van der Waals surface area contributed by atoms with Gasteiger partial charge in [-0.1, -0.05) is 13.0 Å². The van der Waals surface area contributed by atoms with Crippen LogP contribution in [0.2, 0.25) is 0 Å². The molecule has 4 nitrogen and oxygen atoms in total. The van der Waals surface area contributed by atoms with Crippen molar-refractivity contribution in [3.8, 4) is 5.75 Å². The maximum absolute atomic E-state index is 12.5. The van der Waals surface area contributed by atoms with E-state index in [2.05, 4.69) is 5.32 Å². The van der Waals surface area contributed by atoms with Crippen molar-refractivity contribution in [3.05, 3.63) is 58.7 Å². The zero-order valence-corrected chi connectivity index (χ0v) is 14.6. The van der Waals surface area contributed by atoms with E-state index in [0.29, 0.717) is 29.2 Å². The molecule has 0 aliphatic carbocycles. The molecule has 4 heteroatoms. The molecular weight excluding hydrogens is 302 g/mol. The monoisotopic (exact) mass is 325 g/mol. The summed E-state index contributed by atoms with van der Waals surface area (Å²) in [6, 6.07) is 10.7. The first-order chi connectivity index (χ1) is 11.4. The van der Waals surface area contributed by atoms with Crippen LogP contribution < -0.4 is 10.1 Å². The van der Waals surface area contributed by atoms with Gasteiger partial charge in [0, 0.05) is 11.1 Å². The van der Waals surface area contributed by atoms with Crippen molar-refractivity contribution in [2.24, 2.45) is 0 Å². The van der Waals surface area contributed by atoms with Crippen LogP contribution >= 0.6 is 0 Å². The summed E-state index contributed by atoms with van der Waals surface area (Å²) in [5.41, 5.74) is 3.82. The number of anilines is 1. The maximum atomic E-state index is 12.5. The van der Waals surface area contributed by atoms with Gasteiger partial charge in [0.15, 0.2) is 5.78 Å². The summed E-state index contributed by atoms with van der Waals surface area (Å²) in [7, 11) is 0. The fourth-order valence-electron chi connectivity index (χ4n) is 2.26. The van der Waals surface area contributed by atoms with Gasteiger partial charge in [-0.25, -0.2) is 0 Å². The summed E-state index contributed by atoms with van der Waals surface area (Å²) in [6.45, 7) is 8.03. The summed E-state index contributed by atoms with van der Waals surface area (Å²) in [6.07, 6.45) is 0.860. The zero-order chi connectivity index (χ0) is 17.7. The Morgan fingerprint density at radius 3 is 2.33 bits per heavy atom. The van der Waals surface area contributed by atoms with Gasteiger partial charge >= 0.3 is 0 Å². The number of benzene rings is 2. The molecule has 0 atom stereocenters. The number of amides is 1. The Hall–Kier alpha value is -2.62. The van der Waals surface area contributed by atoms with Gasteiger partial charge in [0.05, 0.1) is 12.3 Å². The van der Waals surface area contributed by atoms with Crippen LogP contribution in [-0.2, 0) is 0 Å². The van der Waals surface area contributed by atoms with Crippen molar-refractivity contribution in [3.63, 3.8) is 0 Å². The van der Waals surface area contributed by atoms with Crippen LogP contribution in [0.25, 0.3) is 0 Å². The molecule has 0 spiro atoms. The molecule has 1 N–H and O–H groups in total. The van der Waals surface area contributed by atoms with Gasteiger partial charge in [0.25, 0.3) is 5.91 Å². The second kappa shape index (κ2) is 7.77. The highest BCUT2D eigenvalue weighted by molar-refractivity contribution is 6.06. The largest absolute Gasteiger partial charge is 0.491 e. The Bertz CT molecular complexity index is 765. The minimum absolute atomic E-state index is 0.0567. The average molecular weight is 325 g/mol. The second-order valence-electron chi connectivity index (χ2n) is 5.87. The first-order valence-electron chi connectivity index (χ1n) is 8.08. The van der Waals surface area contributed by atoms with Crippen LogP contribution in [0.3, 0.4) is 0 Å². The Morgan fingerprint density at radius 1 is 1.00 bits per heavy atom. The molecule has 2 aromatic carbocycles. The molecule has 0 aliphatic rings. The number of carbonyl (C=O) groups excluding carboxylic acids is 2. The standard InChI is InChI=1S/C20H23NO3/c1-5-10-24-19-9-8-16(15(4)22)12-18(19)21-20(23)17-7-6-13(2)14(3)11-17/h6-9,11-12H,5,10H2,1-4H3,(H,21,23). The van der Waals surface area contributed by atoms with Crippen molar-refractivity contribution in [2.45, 2.75) is 34.1 Å². The molecule has 24 heavy (non-hydrogen) atoms. The quantitative estimate of drug-likeness (QED) is 0.793. The molecule has 0 heterocycles. The average Bonchev–Trinajstić information content (AvgIpc) is 2.55. The fraction of sp³-hybridized carbons (Fsp3) is 0.300. The Labute approximate surface area is 142 Å². The van der Waals surface area contributed by atoms with Crippen LogP contribution in [0.4, 0.5) is 5.69 Å². The van der Waals surface area contributed by atoms with E-state index in [4.69, 9.17) is 4.74 Å². The Morgan fingerprint density at radius 2 is 1.71 bits per heavy atom. The predicted octanol–water partition coefficient (Wildman–Crippen LogP) is 4.55. The van der Waals surface area contributed by atoms with Crippen molar-refractivity contribution in [2.75, 3.05) is 11.9 Å². The van der Waals surface area contributed by atoms with Crippen molar-refractivity contribution >= 4 is 17.4 Å². The van der Waals surface area contributed by atoms with Gasteiger partial charge < -0.3 is 10.1 Å². The van der Waals surface area contributed by atoms with Crippen LogP contribution in [0.1, 0.15) is 52.1 Å². The number of ether oxygens (including phenoxy) is 1. The minimum atomic E-state index is -0.222. The maximum Gasteiger partial charge on any atom is 0.255 e. The summed E-state index contributed by atoms with van der Waals surface area (Å²) < 4.78 is 5.67. The van der Waals surface area contributed by atoms with Gasteiger partial charge in [0.2, 0.25) is 0 Å². The van der Waals surface area contributed by atoms with Crippen LogP contribution in [-0.4, -0.2) is 18.3 Å². The molecular formula is C20H23NO3. The minimum Gasteiger partial charge on any atom is -0.491 e. The SMILES string of the molecule is CCCOc1ccc(C(C)=O)cc1NC(=O)c1ccc(C)c(C)c1. The fourth-order valence-corrected chi connectivity index (χ4v) is 2.26. The van der Waals surface area contributed by atoms with Crippen molar-refractivity contribution < 1.29 is 14.3 Å². The number of carbonyl (C=O) groups is 2. The summed E-state index contributed by atoms with van der Waals surface area (Å²) in [5.74, 6) is 0.290. The molecule has 2 aromatic rings. The lowest BCUT2D eigenvalue weighted by Gasteiger charge is -2.14. The molecule has 0 unspecified atom stereocenters.